The predicted molar refractivity (Wildman–Crippen MR) is 55.0 cm³/mol. The number of carbonyl (C=O) groups excluding carboxylic acids is 1. The van der Waals surface area contributed by atoms with Gasteiger partial charge in [0.2, 0.25) is 0 Å². The van der Waals surface area contributed by atoms with Gasteiger partial charge in [0.15, 0.2) is 0 Å². The number of ether oxygens (including phenoxy) is 1. The number of hydrogen-bond acceptors (Lipinski definition) is 3. The van der Waals surface area contributed by atoms with Crippen molar-refractivity contribution in [3.05, 3.63) is 61.7 Å². The van der Waals surface area contributed by atoms with Gasteiger partial charge in [-0.25, -0.2) is 4.79 Å². The Hall–Kier alpha value is -1.38. The highest BCUT2D eigenvalue weighted by molar-refractivity contribution is 5.89. The zero-order valence-corrected chi connectivity index (χ0v) is 8.09. The van der Waals surface area contributed by atoms with Crippen LogP contribution in [-0.2, 0) is 4.74 Å². The molecule has 1 saturated carbocycles. The van der Waals surface area contributed by atoms with Crippen molar-refractivity contribution < 1.29 is 9.53 Å². The Morgan fingerprint density at radius 2 is 2.13 bits per heavy atom. The lowest BCUT2D eigenvalue weighted by atomic mass is 10.1. The van der Waals surface area contributed by atoms with Crippen molar-refractivity contribution >= 4 is 5.97 Å². The Kier molecular flexibility index (Phi) is 3.33. The third kappa shape index (κ3) is 2.78. The lowest BCUT2D eigenvalue weighted by Gasteiger charge is -2.08. The highest BCUT2D eigenvalue weighted by Gasteiger charge is 2.19. The quantitative estimate of drug-likeness (QED) is 0.696. The number of aromatic nitrogens is 1. The fourth-order valence-electron chi connectivity index (χ4n) is 1.23. The van der Waals surface area contributed by atoms with Crippen LogP contribution in [0.2, 0.25) is 0 Å². The third-order valence-corrected chi connectivity index (χ3v) is 2.00. The molecule has 0 aromatic carbocycles. The van der Waals surface area contributed by atoms with E-state index in [4.69, 9.17) is 4.74 Å². The van der Waals surface area contributed by atoms with Crippen LogP contribution < -0.4 is 0 Å². The summed E-state index contributed by atoms with van der Waals surface area (Å²) in [6.45, 7) is 0.306. The predicted octanol–water partition coefficient (Wildman–Crippen LogP) is 1.64. The number of carbonyl (C=O) groups is 1. The first-order valence-electron chi connectivity index (χ1n) is 4.64. The van der Waals surface area contributed by atoms with E-state index in [2.05, 4.69) is 4.98 Å². The molecular formula is C12H10NO2. The molecule has 5 radical (unpaired) electrons. The molecule has 0 N–H and O–H groups in total. The second kappa shape index (κ2) is 4.91. The second-order valence-electron chi connectivity index (χ2n) is 3.11. The van der Waals surface area contributed by atoms with Gasteiger partial charge < -0.3 is 4.74 Å². The highest BCUT2D eigenvalue weighted by Crippen LogP contribution is 2.23. The Morgan fingerprint density at radius 3 is 2.80 bits per heavy atom. The van der Waals surface area contributed by atoms with Crippen LogP contribution in [0.15, 0.2) is 24.5 Å². The van der Waals surface area contributed by atoms with Crippen LogP contribution in [0.25, 0.3) is 0 Å². The average Bonchev–Trinajstić information content (AvgIpc) is 2.80. The summed E-state index contributed by atoms with van der Waals surface area (Å²) in [5.41, 5.74) is 0.476. The van der Waals surface area contributed by atoms with Crippen LogP contribution in [0, 0.1) is 31.6 Å². The molecule has 2 rings (SSSR count). The lowest BCUT2D eigenvalue weighted by molar-refractivity contribution is 0.0527. The molecule has 1 fully saturated rings. The van der Waals surface area contributed by atoms with Gasteiger partial charge in [-0.15, -0.1) is 0 Å². The van der Waals surface area contributed by atoms with E-state index in [9.17, 15) is 4.79 Å². The summed E-state index contributed by atoms with van der Waals surface area (Å²) in [6.07, 6.45) is 10.8. The van der Waals surface area contributed by atoms with E-state index >= 15 is 0 Å². The number of hydrogen-bond donors (Lipinski definition) is 0. The molecule has 15 heavy (non-hydrogen) atoms. The van der Waals surface area contributed by atoms with Crippen molar-refractivity contribution in [2.75, 3.05) is 6.61 Å². The summed E-state index contributed by atoms with van der Waals surface area (Å²) < 4.78 is 5.09. The summed E-state index contributed by atoms with van der Waals surface area (Å²) in [4.78, 5) is 15.3. The highest BCUT2D eigenvalue weighted by atomic mass is 16.5. The van der Waals surface area contributed by atoms with Crippen molar-refractivity contribution in [3.8, 4) is 0 Å². The molecule has 1 aliphatic carbocycles. The molecule has 0 spiro atoms. The first-order chi connectivity index (χ1) is 7.36. The molecule has 0 unspecified atom stereocenters. The zero-order valence-electron chi connectivity index (χ0n) is 8.09. The van der Waals surface area contributed by atoms with Crippen molar-refractivity contribution in [1.29, 1.82) is 0 Å². The number of pyridine rings is 1. The number of rotatable bonds is 3. The van der Waals surface area contributed by atoms with Gasteiger partial charge in [-0.05, 0) is 37.8 Å². The van der Waals surface area contributed by atoms with Gasteiger partial charge in [-0.3, -0.25) is 4.98 Å². The van der Waals surface area contributed by atoms with E-state index < -0.39 is 0 Å². The molecule has 0 aliphatic heterocycles. The summed E-state index contributed by atoms with van der Waals surface area (Å²) in [5.74, 6) is 0.650. The fourth-order valence-corrected chi connectivity index (χ4v) is 1.23. The molecule has 3 nitrogen and oxygen atoms in total. The van der Waals surface area contributed by atoms with E-state index in [-0.39, 0.29) is 5.97 Å². The zero-order chi connectivity index (χ0) is 10.5. The van der Waals surface area contributed by atoms with Crippen molar-refractivity contribution in [2.24, 2.45) is 0 Å². The maximum absolute atomic E-state index is 11.5. The summed E-state index contributed by atoms with van der Waals surface area (Å²) >= 11 is 0. The van der Waals surface area contributed by atoms with E-state index in [1.54, 1.807) is 18.3 Å². The van der Waals surface area contributed by atoms with Crippen LogP contribution >= 0.6 is 0 Å². The van der Waals surface area contributed by atoms with E-state index in [1.807, 2.05) is 25.7 Å². The summed E-state index contributed by atoms with van der Waals surface area (Å²) in [6, 6.07) is 3.39. The number of nitrogens with zero attached hydrogens (tertiary/aromatic N) is 1. The Morgan fingerprint density at radius 1 is 1.33 bits per heavy atom. The van der Waals surface area contributed by atoms with Crippen molar-refractivity contribution in [1.82, 2.24) is 4.98 Å². The molecule has 1 aliphatic rings. The normalized spacial score (nSPS) is 16.5. The molecule has 0 amide bonds. The van der Waals surface area contributed by atoms with Crippen LogP contribution in [0.3, 0.4) is 0 Å². The van der Waals surface area contributed by atoms with Gasteiger partial charge in [0.25, 0.3) is 0 Å². The van der Waals surface area contributed by atoms with Crippen LogP contribution in [0.5, 0.6) is 0 Å². The Bertz CT molecular complexity index is 318. The van der Waals surface area contributed by atoms with Crippen molar-refractivity contribution in [2.45, 2.75) is 0 Å². The van der Waals surface area contributed by atoms with Gasteiger partial charge in [0.1, 0.15) is 0 Å². The number of esters is 1. The van der Waals surface area contributed by atoms with Crippen molar-refractivity contribution in [3.63, 3.8) is 0 Å². The maximum atomic E-state index is 11.5. The summed E-state index contributed by atoms with van der Waals surface area (Å²) in [7, 11) is 0. The SMILES string of the molecule is O=C(OC[C]1[CH][CH][CH][CH]1)c1cccnc1. The standard InChI is InChI=1S/C12H10NO2/c14-12(11-6-3-7-13-8-11)15-9-10-4-1-2-5-10/h1-8H,9H2. The Balaban J connectivity index is 1.82. The van der Waals surface area contributed by atoms with Crippen LogP contribution in [0.4, 0.5) is 0 Å². The molecular weight excluding hydrogens is 190 g/mol. The van der Waals surface area contributed by atoms with Gasteiger partial charge in [0, 0.05) is 18.3 Å². The molecule has 3 heteroatoms. The van der Waals surface area contributed by atoms with Crippen LogP contribution in [-0.4, -0.2) is 17.6 Å². The van der Waals surface area contributed by atoms with Gasteiger partial charge in [-0.2, -0.15) is 0 Å². The minimum Gasteiger partial charge on any atom is -0.461 e. The molecule has 1 heterocycles. The first-order valence-corrected chi connectivity index (χ1v) is 4.64. The monoisotopic (exact) mass is 200 g/mol. The molecule has 0 bridgehead atoms. The minimum absolute atomic E-state index is 0.306. The van der Waals surface area contributed by atoms with Gasteiger partial charge in [-0.1, -0.05) is 0 Å². The van der Waals surface area contributed by atoms with Gasteiger partial charge in [0.05, 0.1) is 12.2 Å². The first kappa shape index (κ1) is 10.1. The largest absolute Gasteiger partial charge is 0.461 e. The molecule has 0 atom stereocenters. The smallest absolute Gasteiger partial charge is 0.339 e. The molecule has 0 saturated heterocycles. The molecule has 1 aromatic heterocycles. The van der Waals surface area contributed by atoms with E-state index in [0.29, 0.717) is 12.2 Å². The second-order valence-corrected chi connectivity index (χ2v) is 3.11. The average molecular weight is 200 g/mol. The van der Waals surface area contributed by atoms with Gasteiger partial charge >= 0.3 is 5.97 Å². The van der Waals surface area contributed by atoms with Crippen LogP contribution in [0.1, 0.15) is 10.4 Å². The fraction of sp³-hybridized carbons (Fsp3) is 0.0833. The Labute approximate surface area is 89.5 Å². The molecule has 75 valence electrons. The van der Waals surface area contributed by atoms with E-state index in [0.717, 1.165) is 5.92 Å². The maximum Gasteiger partial charge on any atom is 0.339 e. The van der Waals surface area contributed by atoms with E-state index in [1.165, 1.54) is 6.20 Å². The summed E-state index contributed by atoms with van der Waals surface area (Å²) in [5, 5.41) is 0. The topological polar surface area (TPSA) is 39.2 Å². The molecule has 1 aromatic rings. The minimum atomic E-state index is -0.343. The third-order valence-electron chi connectivity index (χ3n) is 2.00. The lowest BCUT2D eigenvalue weighted by Crippen LogP contribution is -2.11.